The Kier molecular flexibility index (Phi) is 3.76. The minimum absolute atomic E-state index is 0.104. The zero-order valence-corrected chi connectivity index (χ0v) is 12.1. The summed E-state index contributed by atoms with van der Waals surface area (Å²) in [5, 5.41) is 8.48. The van der Waals surface area contributed by atoms with Gasteiger partial charge < -0.3 is 0 Å². The standard InChI is InChI=1S/C11H13Cl2N3S/c1-6(2)10-14-15-11(13)16(10)7(3)8-4-5-9(12)17-8/h4-7H,1-3H3. The topological polar surface area (TPSA) is 30.7 Å². The maximum atomic E-state index is 6.10. The Morgan fingerprint density at radius 2 is 1.88 bits per heavy atom. The molecule has 0 spiro atoms. The van der Waals surface area contributed by atoms with Crippen molar-refractivity contribution in [3.8, 4) is 0 Å². The summed E-state index contributed by atoms with van der Waals surface area (Å²) in [5.41, 5.74) is 0. The molecule has 1 unspecified atom stereocenters. The third kappa shape index (κ3) is 2.49. The van der Waals surface area contributed by atoms with Crippen LogP contribution in [0.15, 0.2) is 12.1 Å². The highest BCUT2D eigenvalue weighted by Crippen LogP contribution is 2.32. The SMILES string of the molecule is CC(C)c1nnc(Cl)n1C(C)c1ccc(Cl)s1. The summed E-state index contributed by atoms with van der Waals surface area (Å²) in [4.78, 5) is 1.15. The zero-order chi connectivity index (χ0) is 12.6. The lowest BCUT2D eigenvalue weighted by Gasteiger charge is -2.16. The minimum atomic E-state index is 0.104. The molecule has 3 nitrogen and oxygen atoms in total. The molecular formula is C11H13Cl2N3S. The second-order valence-corrected chi connectivity index (χ2v) is 6.25. The predicted octanol–water partition coefficient (Wildman–Crippen LogP) is 4.38. The molecule has 0 amide bonds. The number of halogens is 2. The lowest BCUT2D eigenvalue weighted by Crippen LogP contribution is -2.11. The van der Waals surface area contributed by atoms with Gasteiger partial charge in [-0.15, -0.1) is 21.5 Å². The van der Waals surface area contributed by atoms with Crippen molar-refractivity contribution in [2.75, 3.05) is 0 Å². The molecule has 0 fully saturated rings. The Labute approximate surface area is 114 Å². The van der Waals surface area contributed by atoms with Gasteiger partial charge in [0.05, 0.1) is 10.4 Å². The van der Waals surface area contributed by atoms with E-state index in [-0.39, 0.29) is 12.0 Å². The van der Waals surface area contributed by atoms with E-state index in [0.29, 0.717) is 5.28 Å². The largest absolute Gasteiger partial charge is 0.293 e. The lowest BCUT2D eigenvalue weighted by atomic mass is 10.2. The summed E-state index contributed by atoms with van der Waals surface area (Å²) in [5.74, 6) is 1.18. The van der Waals surface area contributed by atoms with Gasteiger partial charge in [-0.1, -0.05) is 25.4 Å². The molecule has 2 heterocycles. The van der Waals surface area contributed by atoms with Crippen LogP contribution in [0.25, 0.3) is 0 Å². The normalized spacial score (nSPS) is 13.3. The summed E-state index contributed by atoms with van der Waals surface area (Å²) in [6.07, 6.45) is 0. The van der Waals surface area contributed by atoms with E-state index < -0.39 is 0 Å². The summed E-state index contributed by atoms with van der Waals surface area (Å²) < 4.78 is 2.73. The summed E-state index contributed by atoms with van der Waals surface area (Å²) >= 11 is 13.6. The predicted molar refractivity (Wildman–Crippen MR) is 72.3 cm³/mol. The quantitative estimate of drug-likeness (QED) is 0.840. The summed E-state index contributed by atoms with van der Waals surface area (Å²) in [7, 11) is 0. The van der Waals surface area contributed by atoms with Crippen molar-refractivity contribution < 1.29 is 0 Å². The number of rotatable bonds is 3. The van der Waals surface area contributed by atoms with Crippen LogP contribution < -0.4 is 0 Å². The molecule has 0 aliphatic heterocycles. The Balaban J connectivity index is 2.43. The zero-order valence-electron chi connectivity index (χ0n) is 9.82. The highest BCUT2D eigenvalue weighted by atomic mass is 35.5. The van der Waals surface area contributed by atoms with Gasteiger partial charge in [-0.05, 0) is 30.7 Å². The average molecular weight is 290 g/mol. The van der Waals surface area contributed by atoms with Gasteiger partial charge in [-0.2, -0.15) is 0 Å². The minimum Gasteiger partial charge on any atom is -0.293 e. The third-order valence-electron chi connectivity index (χ3n) is 2.59. The van der Waals surface area contributed by atoms with Crippen LogP contribution in [0.2, 0.25) is 9.62 Å². The molecule has 2 rings (SSSR count). The Hall–Kier alpha value is -0.580. The molecule has 0 radical (unpaired) electrons. The first kappa shape index (κ1) is 12.9. The van der Waals surface area contributed by atoms with E-state index in [0.717, 1.165) is 15.0 Å². The fraction of sp³-hybridized carbons (Fsp3) is 0.455. The van der Waals surface area contributed by atoms with Crippen LogP contribution in [0.3, 0.4) is 0 Å². The van der Waals surface area contributed by atoms with Gasteiger partial charge >= 0.3 is 0 Å². The van der Waals surface area contributed by atoms with Gasteiger partial charge in [0.25, 0.3) is 0 Å². The highest BCUT2D eigenvalue weighted by Gasteiger charge is 2.20. The first-order chi connectivity index (χ1) is 8.00. The average Bonchev–Trinajstić information content (AvgIpc) is 2.83. The van der Waals surface area contributed by atoms with E-state index in [1.165, 1.54) is 0 Å². The molecule has 0 bridgehead atoms. The molecule has 2 aromatic rings. The maximum absolute atomic E-state index is 6.10. The van der Waals surface area contributed by atoms with E-state index in [9.17, 15) is 0 Å². The summed E-state index contributed by atoms with van der Waals surface area (Å²) in [6, 6.07) is 4.01. The molecule has 92 valence electrons. The molecule has 0 N–H and O–H groups in total. The van der Waals surface area contributed by atoms with Crippen molar-refractivity contribution in [3.63, 3.8) is 0 Å². The molecule has 0 saturated heterocycles. The van der Waals surface area contributed by atoms with E-state index in [2.05, 4.69) is 31.0 Å². The second-order valence-electron chi connectivity index (χ2n) is 4.17. The van der Waals surface area contributed by atoms with Crippen LogP contribution in [0.5, 0.6) is 0 Å². The molecule has 0 saturated carbocycles. The van der Waals surface area contributed by atoms with E-state index in [1.807, 2.05) is 16.7 Å². The van der Waals surface area contributed by atoms with Crippen LogP contribution in [0.1, 0.15) is 43.4 Å². The van der Waals surface area contributed by atoms with Gasteiger partial charge in [0, 0.05) is 10.8 Å². The van der Waals surface area contributed by atoms with Crippen molar-refractivity contribution in [1.29, 1.82) is 0 Å². The van der Waals surface area contributed by atoms with E-state index >= 15 is 0 Å². The monoisotopic (exact) mass is 289 g/mol. The smallest absolute Gasteiger partial charge is 0.225 e. The molecule has 6 heteroatoms. The fourth-order valence-electron chi connectivity index (χ4n) is 1.72. The lowest BCUT2D eigenvalue weighted by molar-refractivity contribution is 0.586. The Morgan fingerprint density at radius 1 is 1.18 bits per heavy atom. The van der Waals surface area contributed by atoms with Crippen LogP contribution >= 0.6 is 34.5 Å². The molecular weight excluding hydrogens is 277 g/mol. The highest BCUT2D eigenvalue weighted by molar-refractivity contribution is 7.16. The van der Waals surface area contributed by atoms with Crippen molar-refractivity contribution >= 4 is 34.5 Å². The van der Waals surface area contributed by atoms with Gasteiger partial charge in [-0.3, -0.25) is 4.57 Å². The van der Waals surface area contributed by atoms with Crippen LogP contribution in [-0.4, -0.2) is 14.8 Å². The van der Waals surface area contributed by atoms with Gasteiger partial charge in [0.1, 0.15) is 5.82 Å². The van der Waals surface area contributed by atoms with Gasteiger partial charge in [0.15, 0.2) is 0 Å². The van der Waals surface area contributed by atoms with Crippen molar-refractivity contribution in [2.24, 2.45) is 0 Å². The molecule has 1 atom stereocenters. The fourth-order valence-corrected chi connectivity index (χ4v) is 3.09. The van der Waals surface area contributed by atoms with Crippen LogP contribution in [0, 0.1) is 0 Å². The number of aromatic nitrogens is 3. The van der Waals surface area contributed by atoms with Crippen molar-refractivity contribution in [3.05, 3.63) is 32.5 Å². The van der Waals surface area contributed by atoms with E-state index in [4.69, 9.17) is 23.2 Å². The first-order valence-electron chi connectivity index (χ1n) is 5.36. The van der Waals surface area contributed by atoms with Crippen molar-refractivity contribution in [2.45, 2.75) is 32.7 Å². The molecule has 0 aromatic carbocycles. The number of thiophene rings is 1. The second kappa shape index (κ2) is 4.96. The number of hydrogen-bond acceptors (Lipinski definition) is 3. The number of nitrogens with zero attached hydrogens (tertiary/aromatic N) is 3. The first-order valence-corrected chi connectivity index (χ1v) is 6.93. The molecule has 2 aromatic heterocycles. The molecule has 0 aliphatic rings. The Bertz CT molecular complexity index is 519. The van der Waals surface area contributed by atoms with Crippen molar-refractivity contribution in [1.82, 2.24) is 14.8 Å². The maximum Gasteiger partial charge on any atom is 0.225 e. The van der Waals surface area contributed by atoms with Gasteiger partial charge in [0.2, 0.25) is 5.28 Å². The molecule has 0 aliphatic carbocycles. The molecule has 17 heavy (non-hydrogen) atoms. The summed E-state index contributed by atoms with van der Waals surface area (Å²) in [6.45, 7) is 6.22. The van der Waals surface area contributed by atoms with Gasteiger partial charge in [-0.25, -0.2) is 0 Å². The third-order valence-corrected chi connectivity index (χ3v) is 4.25. The van der Waals surface area contributed by atoms with E-state index in [1.54, 1.807) is 11.3 Å². The Morgan fingerprint density at radius 3 is 2.41 bits per heavy atom. The van der Waals surface area contributed by atoms with Crippen LogP contribution in [-0.2, 0) is 0 Å². The number of hydrogen-bond donors (Lipinski definition) is 0. The van der Waals surface area contributed by atoms with Crippen LogP contribution in [0.4, 0.5) is 0 Å².